The summed E-state index contributed by atoms with van der Waals surface area (Å²) < 4.78 is 6.05. The molecule has 0 aliphatic heterocycles. The summed E-state index contributed by atoms with van der Waals surface area (Å²) in [6.45, 7) is 4.44. The predicted octanol–water partition coefficient (Wildman–Crippen LogP) is 4.58. The fraction of sp³-hybridized carbons (Fsp3) is 0.625. The van der Waals surface area contributed by atoms with Crippen LogP contribution in [0.3, 0.4) is 0 Å². The van der Waals surface area contributed by atoms with Crippen LogP contribution in [0.4, 0.5) is 0 Å². The molecule has 1 atom stereocenters. The van der Waals surface area contributed by atoms with Crippen molar-refractivity contribution in [1.82, 2.24) is 5.32 Å². The first-order valence-corrected chi connectivity index (χ1v) is 7.61. The number of hydrogen-bond donors (Lipinski definition) is 1. The minimum Gasteiger partial charge on any atom is -0.489 e. The Labute approximate surface area is 121 Å². The Morgan fingerprint density at radius 2 is 1.95 bits per heavy atom. The lowest BCUT2D eigenvalue weighted by atomic mass is 9.89. The zero-order chi connectivity index (χ0) is 13.8. The van der Waals surface area contributed by atoms with Crippen molar-refractivity contribution in [2.75, 3.05) is 7.05 Å². The van der Waals surface area contributed by atoms with Gasteiger partial charge in [0.05, 0.1) is 11.1 Å². The van der Waals surface area contributed by atoms with E-state index in [1.165, 1.54) is 18.4 Å². The summed E-state index contributed by atoms with van der Waals surface area (Å²) in [5, 5.41) is 3.94. The van der Waals surface area contributed by atoms with Gasteiger partial charge in [-0.3, -0.25) is 0 Å². The maximum Gasteiger partial charge on any atom is 0.138 e. The first-order valence-electron chi connectivity index (χ1n) is 7.23. The van der Waals surface area contributed by atoms with Crippen molar-refractivity contribution in [3.8, 4) is 5.75 Å². The molecule has 2 nitrogen and oxygen atoms in total. The quantitative estimate of drug-likeness (QED) is 0.872. The first kappa shape index (κ1) is 14.7. The molecule has 0 radical (unpaired) electrons. The second-order valence-electron chi connectivity index (χ2n) is 5.70. The van der Waals surface area contributed by atoms with E-state index in [9.17, 15) is 0 Å². The highest BCUT2D eigenvalue weighted by Crippen LogP contribution is 2.32. The van der Waals surface area contributed by atoms with E-state index in [0.29, 0.717) is 12.1 Å². The van der Waals surface area contributed by atoms with Crippen molar-refractivity contribution in [3.63, 3.8) is 0 Å². The largest absolute Gasteiger partial charge is 0.489 e. The fourth-order valence-corrected chi connectivity index (χ4v) is 2.81. The molecule has 2 rings (SSSR count). The van der Waals surface area contributed by atoms with Gasteiger partial charge in [0.1, 0.15) is 5.75 Å². The molecule has 1 aliphatic carbocycles. The molecule has 0 heterocycles. The molecular formula is C16H24ClNO. The van der Waals surface area contributed by atoms with Crippen LogP contribution in [0.2, 0.25) is 5.02 Å². The SMILES string of the molecule is CNC(C)c1ccc(OC2CCC(C)CC2)c(Cl)c1. The molecule has 0 spiro atoms. The van der Waals surface area contributed by atoms with Crippen molar-refractivity contribution in [3.05, 3.63) is 28.8 Å². The Kier molecular flexibility index (Phi) is 5.12. The summed E-state index contributed by atoms with van der Waals surface area (Å²) in [5.41, 5.74) is 1.19. The maximum atomic E-state index is 6.33. The summed E-state index contributed by atoms with van der Waals surface area (Å²) in [7, 11) is 1.95. The number of rotatable bonds is 4. The highest BCUT2D eigenvalue weighted by molar-refractivity contribution is 6.32. The number of hydrogen-bond acceptors (Lipinski definition) is 2. The predicted molar refractivity (Wildman–Crippen MR) is 81.0 cm³/mol. The lowest BCUT2D eigenvalue weighted by Gasteiger charge is -2.27. The molecule has 1 fully saturated rings. The Balaban J connectivity index is 2.01. The second kappa shape index (κ2) is 6.62. The van der Waals surface area contributed by atoms with Crippen molar-refractivity contribution < 1.29 is 4.74 Å². The maximum absolute atomic E-state index is 6.33. The van der Waals surface area contributed by atoms with Crippen LogP contribution in [0.15, 0.2) is 18.2 Å². The van der Waals surface area contributed by atoms with Crippen LogP contribution in [-0.2, 0) is 0 Å². The lowest BCUT2D eigenvalue weighted by molar-refractivity contribution is 0.135. The van der Waals surface area contributed by atoms with Gasteiger partial charge in [0.2, 0.25) is 0 Å². The fourth-order valence-electron chi connectivity index (χ4n) is 2.58. The number of benzene rings is 1. The van der Waals surface area contributed by atoms with E-state index >= 15 is 0 Å². The number of nitrogens with one attached hydrogen (secondary N) is 1. The van der Waals surface area contributed by atoms with Gasteiger partial charge in [0, 0.05) is 6.04 Å². The van der Waals surface area contributed by atoms with Gasteiger partial charge in [-0.15, -0.1) is 0 Å². The van der Waals surface area contributed by atoms with Crippen LogP contribution in [0.5, 0.6) is 5.75 Å². The smallest absolute Gasteiger partial charge is 0.138 e. The van der Waals surface area contributed by atoms with E-state index in [4.69, 9.17) is 16.3 Å². The van der Waals surface area contributed by atoms with Crippen molar-refractivity contribution >= 4 is 11.6 Å². The third-order valence-corrected chi connectivity index (χ3v) is 4.44. The highest BCUT2D eigenvalue weighted by Gasteiger charge is 2.20. The van der Waals surface area contributed by atoms with Crippen LogP contribution >= 0.6 is 11.6 Å². The Bertz CT molecular complexity index is 413. The zero-order valence-electron chi connectivity index (χ0n) is 12.1. The van der Waals surface area contributed by atoms with Gasteiger partial charge < -0.3 is 10.1 Å². The zero-order valence-corrected chi connectivity index (χ0v) is 12.8. The summed E-state index contributed by atoms with van der Waals surface area (Å²) in [5.74, 6) is 1.67. The summed E-state index contributed by atoms with van der Waals surface area (Å²) in [6.07, 6.45) is 5.15. The van der Waals surface area contributed by atoms with Gasteiger partial charge in [-0.25, -0.2) is 0 Å². The molecule has 19 heavy (non-hydrogen) atoms. The minimum absolute atomic E-state index is 0.307. The van der Waals surface area contributed by atoms with Gasteiger partial charge in [-0.1, -0.05) is 24.6 Å². The van der Waals surface area contributed by atoms with E-state index in [1.807, 2.05) is 19.2 Å². The Morgan fingerprint density at radius 1 is 1.26 bits per heavy atom. The summed E-state index contributed by atoms with van der Waals surface area (Å²) in [6, 6.07) is 6.41. The van der Waals surface area contributed by atoms with Crippen LogP contribution in [0, 0.1) is 5.92 Å². The summed E-state index contributed by atoms with van der Waals surface area (Å²) >= 11 is 6.33. The number of ether oxygens (including phenoxy) is 1. The van der Waals surface area contributed by atoms with Crippen molar-refractivity contribution in [2.24, 2.45) is 5.92 Å². The average molecular weight is 282 g/mol. The van der Waals surface area contributed by atoms with Gasteiger partial charge in [-0.2, -0.15) is 0 Å². The normalized spacial score (nSPS) is 25.1. The molecule has 1 aromatic rings. The molecule has 1 aliphatic rings. The molecule has 106 valence electrons. The molecule has 0 aromatic heterocycles. The Morgan fingerprint density at radius 3 is 2.53 bits per heavy atom. The standard InChI is InChI=1S/C16H24ClNO/c1-11-4-7-14(8-5-11)19-16-9-6-13(10-15(16)17)12(2)18-3/h6,9-12,14,18H,4-5,7-8H2,1-3H3. The van der Waals surface area contributed by atoms with Gasteiger partial charge >= 0.3 is 0 Å². The van der Waals surface area contributed by atoms with E-state index < -0.39 is 0 Å². The van der Waals surface area contributed by atoms with Gasteiger partial charge in [-0.05, 0) is 63.3 Å². The molecule has 1 aromatic carbocycles. The molecule has 1 unspecified atom stereocenters. The first-order chi connectivity index (χ1) is 9.10. The highest BCUT2D eigenvalue weighted by atomic mass is 35.5. The van der Waals surface area contributed by atoms with Crippen molar-refractivity contribution in [2.45, 2.75) is 51.7 Å². The Hall–Kier alpha value is -0.730. The third-order valence-electron chi connectivity index (χ3n) is 4.15. The van der Waals surface area contributed by atoms with E-state index in [1.54, 1.807) is 0 Å². The molecule has 1 saturated carbocycles. The summed E-state index contributed by atoms with van der Waals surface area (Å²) in [4.78, 5) is 0. The second-order valence-corrected chi connectivity index (χ2v) is 6.11. The van der Waals surface area contributed by atoms with E-state index in [2.05, 4.69) is 25.2 Å². The topological polar surface area (TPSA) is 21.3 Å². The minimum atomic E-state index is 0.307. The van der Waals surface area contributed by atoms with Crippen LogP contribution < -0.4 is 10.1 Å². The van der Waals surface area contributed by atoms with Gasteiger partial charge in [0.25, 0.3) is 0 Å². The van der Waals surface area contributed by atoms with Gasteiger partial charge in [0.15, 0.2) is 0 Å². The van der Waals surface area contributed by atoms with Crippen LogP contribution in [0.25, 0.3) is 0 Å². The van der Waals surface area contributed by atoms with E-state index in [-0.39, 0.29) is 0 Å². The average Bonchev–Trinajstić information content (AvgIpc) is 2.42. The molecule has 0 bridgehead atoms. The van der Waals surface area contributed by atoms with Crippen molar-refractivity contribution in [1.29, 1.82) is 0 Å². The lowest BCUT2D eigenvalue weighted by Crippen LogP contribution is -2.23. The molecule has 0 amide bonds. The van der Waals surface area contributed by atoms with Crippen LogP contribution in [-0.4, -0.2) is 13.2 Å². The molecule has 0 saturated heterocycles. The third kappa shape index (κ3) is 3.87. The molecule has 1 N–H and O–H groups in total. The van der Waals surface area contributed by atoms with Crippen LogP contribution in [0.1, 0.15) is 51.1 Å². The molecule has 3 heteroatoms. The molecular weight excluding hydrogens is 258 g/mol. The number of halogens is 1. The van der Waals surface area contributed by atoms with E-state index in [0.717, 1.165) is 29.5 Å². The monoisotopic (exact) mass is 281 g/mol.